The van der Waals surface area contributed by atoms with Gasteiger partial charge in [-0.1, -0.05) is 0 Å². The second-order valence-corrected chi connectivity index (χ2v) is 5.38. The lowest BCUT2D eigenvalue weighted by atomic mass is 10.2. The van der Waals surface area contributed by atoms with Gasteiger partial charge in [-0.3, -0.25) is 14.7 Å². The standard InChI is InChI=1S/C13H17N5/c1-2-11(1)13-5-12-9-17(3-4-18(12)16-13)8-10-6-14-15-7-10/h5-7,11H,1-4,8-9H2,(H,14,15). The topological polar surface area (TPSA) is 49.7 Å². The number of aromatic nitrogens is 4. The fraction of sp³-hybridized carbons (Fsp3) is 0.538. The third-order valence-electron chi connectivity index (χ3n) is 3.85. The number of fused-ring (bicyclic) bond motifs is 1. The van der Waals surface area contributed by atoms with E-state index in [0.29, 0.717) is 0 Å². The Bertz CT molecular complexity index is 538. The van der Waals surface area contributed by atoms with Gasteiger partial charge < -0.3 is 0 Å². The maximum absolute atomic E-state index is 4.72. The Morgan fingerprint density at radius 2 is 2.28 bits per heavy atom. The fourth-order valence-corrected chi connectivity index (χ4v) is 2.68. The minimum atomic E-state index is 0.755. The van der Waals surface area contributed by atoms with Crippen molar-refractivity contribution in [2.24, 2.45) is 0 Å². The molecule has 18 heavy (non-hydrogen) atoms. The van der Waals surface area contributed by atoms with Crippen LogP contribution in [-0.4, -0.2) is 31.4 Å². The Labute approximate surface area is 106 Å². The number of hydrogen-bond donors (Lipinski definition) is 1. The predicted octanol–water partition coefficient (Wildman–Crippen LogP) is 1.50. The van der Waals surface area contributed by atoms with Gasteiger partial charge >= 0.3 is 0 Å². The highest BCUT2D eigenvalue weighted by Crippen LogP contribution is 2.39. The van der Waals surface area contributed by atoms with E-state index in [4.69, 9.17) is 5.10 Å². The molecule has 0 aromatic carbocycles. The van der Waals surface area contributed by atoms with Crippen LogP contribution < -0.4 is 0 Å². The molecule has 94 valence electrons. The summed E-state index contributed by atoms with van der Waals surface area (Å²) in [5.41, 5.74) is 3.94. The molecule has 0 atom stereocenters. The Kier molecular flexibility index (Phi) is 2.26. The van der Waals surface area contributed by atoms with E-state index in [1.54, 1.807) is 0 Å². The van der Waals surface area contributed by atoms with Gasteiger partial charge in [0.05, 0.1) is 24.1 Å². The lowest BCUT2D eigenvalue weighted by Gasteiger charge is -2.26. The van der Waals surface area contributed by atoms with Gasteiger partial charge in [-0.05, 0) is 18.9 Å². The number of hydrogen-bond acceptors (Lipinski definition) is 3. The Morgan fingerprint density at radius 3 is 3.06 bits per heavy atom. The SMILES string of the molecule is c1n[nH]cc1CN1CCn2nc(C3CC3)cc2C1. The molecule has 0 spiro atoms. The third-order valence-corrected chi connectivity index (χ3v) is 3.85. The van der Waals surface area contributed by atoms with Gasteiger partial charge in [-0.25, -0.2) is 0 Å². The van der Waals surface area contributed by atoms with Crippen LogP contribution in [0.5, 0.6) is 0 Å². The van der Waals surface area contributed by atoms with Crippen molar-refractivity contribution in [3.8, 4) is 0 Å². The van der Waals surface area contributed by atoms with Crippen molar-refractivity contribution in [3.05, 3.63) is 35.4 Å². The van der Waals surface area contributed by atoms with Crippen LogP contribution in [0.2, 0.25) is 0 Å². The van der Waals surface area contributed by atoms with Gasteiger partial charge in [-0.15, -0.1) is 0 Å². The second kappa shape index (κ2) is 3.95. The molecular weight excluding hydrogens is 226 g/mol. The summed E-state index contributed by atoms with van der Waals surface area (Å²) in [4.78, 5) is 2.46. The van der Waals surface area contributed by atoms with E-state index in [-0.39, 0.29) is 0 Å². The largest absolute Gasteiger partial charge is 0.291 e. The zero-order valence-electron chi connectivity index (χ0n) is 10.3. The summed E-state index contributed by atoms with van der Waals surface area (Å²) in [6.07, 6.45) is 6.54. The van der Waals surface area contributed by atoms with Crippen LogP contribution in [0.1, 0.15) is 35.7 Å². The van der Waals surface area contributed by atoms with Crippen molar-refractivity contribution in [1.29, 1.82) is 0 Å². The van der Waals surface area contributed by atoms with Gasteiger partial charge in [0.1, 0.15) is 0 Å². The van der Waals surface area contributed by atoms with Crippen LogP contribution in [0, 0.1) is 0 Å². The number of rotatable bonds is 3. The summed E-state index contributed by atoms with van der Waals surface area (Å²) in [6.45, 7) is 4.06. The van der Waals surface area contributed by atoms with Crippen molar-refractivity contribution in [3.63, 3.8) is 0 Å². The lowest BCUT2D eigenvalue weighted by Crippen LogP contribution is -2.33. The average Bonchev–Trinajstić information content (AvgIpc) is 2.95. The Morgan fingerprint density at radius 1 is 1.33 bits per heavy atom. The van der Waals surface area contributed by atoms with Crippen molar-refractivity contribution < 1.29 is 0 Å². The molecule has 5 heteroatoms. The molecule has 3 heterocycles. The van der Waals surface area contributed by atoms with Gasteiger partial charge in [-0.2, -0.15) is 10.2 Å². The fourth-order valence-electron chi connectivity index (χ4n) is 2.68. The summed E-state index contributed by atoms with van der Waals surface area (Å²) < 4.78 is 2.19. The molecule has 2 aliphatic rings. The van der Waals surface area contributed by atoms with Crippen molar-refractivity contribution in [2.75, 3.05) is 6.54 Å². The molecule has 2 aromatic rings. The first-order valence-corrected chi connectivity index (χ1v) is 6.65. The van der Waals surface area contributed by atoms with Crippen LogP contribution >= 0.6 is 0 Å². The van der Waals surface area contributed by atoms with Gasteiger partial charge in [0.15, 0.2) is 0 Å². The van der Waals surface area contributed by atoms with E-state index in [1.807, 2.05) is 12.4 Å². The normalized spacial score (nSPS) is 20.0. The number of H-pyrrole nitrogens is 1. The quantitative estimate of drug-likeness (QED) is 0.888. The summed E-state index contributed by atoms with van der Waals surface area (Å²) in [5.74, 6) is 0.755. The first-order chi connectivity index (χ1) is 8.88. The van der Waals surface area contributed by atoms with Crippen molar-refractivity contribution in [1.82, 2.24) is 24.9 Å². The molecule has 0 amide bonds. The van der Waals surface area contributed by atoms with Gasteiger partial charge in [0, 0.05) is 37.3 Å². The minimum absolute atomic E-state index is 0.755. The average molecular weight is 243 g/mol. The van der Waals surface area contributed by atoms with E-state index in [2.05, 4.69) is 25.8 Å². The first kappa shape index (κ1) is 10.3. The molecule has 1 saturated carbocycles. The van der Waals surface area contributed by atoms with Crippen LogP contribution in [0.4, 0.5) is 0 Å². The lowest BCUT2D eigenvalue weighted by molar-refractivity contribution is 0.205. The molecule has 1 N–H and O–H groups in total. The molecule has 2 aromatic heterocycles. The van der Waals surface area contributed by atoms with E-state index in [1.165, 1.54) is 29.8 Å². The Balaban J connectivity index is 1.50. The molecule has 1 fully saturated rings. The van der Waals surface area contributed by atoms with Crippen molar-refractivity contribution >= 4 is 0 Å². The molecule has 1 aliphatic carbocycles. The molecule has 4 rings (SSSR count). The maximum Gasteiger partial charge on any atom is 0.0658 e. The summed E-state index contributed by atoms with van der Waals surface area (Å²) in [6, 6.07) is 2.30. The molecule has 0 unspecified atom stereocenters. The third kappa shape index (κ3) is 1.84. The molecule has 5 nitrogen and oxygen atoms in total. The zero-order chi connectivity index (χ0) is 11.9. The van der Waals surface area contributed by atoms with E-state index < -0.39 is 0 Å². The molecule has 0 saturated heterocycles. The predicted molar refractivity (Wildman–Crippen MR) is 66.9 cm³/mol. The van der Waals surface area contributed by atoms with Gasteiger partial charge in [0.2, 0.25) is 0 Å². The number of nitrogens with one attached hydrogen (secondary N) is 1. The zero-order valence-corrected chi connectivity index (χ0v) is 10.3. The molecule has 0 radical (unpaired) electrons. The summed E-state index contributed by atoms with van der Waals surface area (Å²) >= 11 is 0. The molecule has 0 bridgehead atoms. The highest BCUT2D eigenvalue weighted by molar-refractivity contribution is 5.19. The molecular formula is C13H17N5. The number of aromatic amines is 1. The van der Waals surface area contributed by atoms with Crippen LogP contribution in [0.15, 0.2) is 18.5 Å². The number of nitrogens with zero attached hydrogens (tertiary/aromatic N) is 4. The monoisotopic (exact) mass is 243 g/mol. The molecule has 1 aliphatic heterocycles. The highest BCUT2D eigenvalue weighted by Gasteiger charge is 2.28. The smallest absolute Gasteiger partial charge is 0.0658 e. The van der Waals surface area contributed by atoms with Crippen LogP contribution in [0.3, 0.4) is 0 Å². The van der Waals surface area contributed by atoms with Crippen LogP contribution in [0.25, 0.3) is 0 Å². The van der Waals surface area contributed by atoms with E-state index in [0.717, 1.165) is 32.1 Å². The first-order valence-electron chi connectivity index (χ1n) is 6.65. The van der Waals surface area contributed by atoms with Gasteiger partial charge in [0.25, 0.3) is 0 Å². The van der Waals surface area contributed by atoms with Crippen LogP contribution in [-0.2, 0) is 19.6 Å². The second-order valence-electron chi connectivity index (χ2n) is 5.38. The van der Waals surface area contributed by atoms with E-state index in [9.17, 15) is 0 Å². The Hall–Kier alpha value is -1.62. The minimum Gasteiger partial charge on any atom is -0.291 e. The van der Waals surface area contributed by atoms with E-state index >= 15 is 0 Å². The summed E-state index contributed by atoms with van der Waals surface area (Å²) in [5, 5.41) is 11.6. The maximum atomic E-state index is 4.72. The summed E-state index contributed by atoms with van der Waals surface area (Å²) in [7, 11) is 0. The van der Waals surface area contributed by atoms with Crippen molar-refractivity contribution in [2.45, 2.75) is 38.4 Å². The highest BCUT2D eigenvalue weighted by atomic mass is 15.3.